The van der Waals surface area contributed by atoms with Crippen molar-refractivity contribution in [2.24, 2.45) is 0 Å². The van der Waals surface area contributed by atoms with E-state index in [9.17, 15) is 14.4 Å². The lowest BCUT2D eigenvalue weighted by Gasteiger charge is -2.15. The summed E-state index contributed by atoms with van der Waals surface area (Å²) in [6.07, 6.45) is 0. The SMILES string of the molecule is CCn1c(S[C@H](C)C(=O)NC(=O)NC(C)C)nc2sc(C)c(C)c2c1=O. The first-order chi connectivity index (χ1) is 12.1. The van der Waals surface area contributed by atoms with Gasteiger partial charge < -0.3 is 5.32 Å². The molecule has 0 aliphatic rings. The summed E-state index contributed by atoms with van der Waals surface area (Å²) < 4.78 is 1.57. The molecule has 142 valence electrons. The molecular weight excluding hydrogens is 372 g/mol. The van der Waals surface area contributed by atoms with E-state index in [1.807, 2.05) is 34.6 Å². The van der Waals surface area contributed by atoms with E-state index >= 15 is 0 Å². The quantitative estimate of drug-likeness (QED) is 0.599. The van der Waals surface area contributed by atoms with Crippen LogP contribution in [0.5, 0.6) is 0 Å². The van der Waals surface area contributed by atoms with Crippen LogP contribution in [-0.2, 0) is 11.3 Å². The van der Waals surface area contributed by atoms with Crippen molar-refractivity contribution < 1.29 is 9.59 Å². The van der Waals surface area contributed by atoms with Crippen LogP contribution < -0.4 is 16.2 Å². The number of fused-ring (bicyclic) bond motifs is 1. The van der Waals surface area contributed by atoms with E-state index in [-0.39, 0.29) is 11.6 Å². The van der Waals surface area contributed by atoms with Gasteiger partial charge in [0.1, 0.15) is 4.83 Å². The van der Waals surface area contributed by atoms with Gasteiger partial charge in [-0.25, -0.2) is 9.78 Å². The van der Waals surface area contributed by atoms with Crippen LogP contribution in [0.15, 0.2) is 9.95 Å². The molecule has 3 amide bonds. The molecule has 2 rings (SSSR count). The summed E-state index contributed by atoms with van der Waals surface area (Å²) in [4.78, 5) is 43.1. The Morgan fingerprint density at radius 3 is 2.50 bits per heavy atom. The number of amides is 3. The lowest BCUT2D eigenvalue weighted by Crippen LogP contribution is -2.45. The standard InChI is InChI=1S/C17H24N4O3S2/c1-7-21-15(23)12-9(4)10(5)25-14(12)20-17(21)26-11(6)13(22)19-16(24)18-8(2)3/h8,11H,7H2,1-6H3,(H2,18,19,22,24)/t11-/m1/s1. The summed E-state index contributed by atoms with van der Waals surface area (Å²) in [6.45, 7) is 11.5. The summed E-state index contributed by atoms with van der Waals surface area (Å²) in [5, 5.41) is 5.48. The van der Waals surface area contributed by atoms with Crippen LogP contribution in [0.25, 0.3) is 10.2 Å². The van der Waals surface area contributed by atoms with E-state index in [0.29, 0.717) is 21.9 Å². The van der Waals surface area contributed by atoms with Crippen molar-refractivity contribution in [3.8, 4) is 0 Å². The van der Waals surface area contributed by atoms with Crippen LogP contribution >= 0.6 is 23.1 Å². The first-order valence-corrected chi connectivity index (χ1v) is 10.1. The number of aromatic nitrogens is 2. The highest BCUT2D eigenvalue weighted by Crippen LogP contribution is 2.29. The molecule has 0 radical (unpaired) electrons. The van der Waals surface area contributed by atoms with Gasteiger partial charge >= 0.3 is 6.03 Å². The van der Waals surface area contributed by atoms with Gasteiger partial charge in [0.15, 0.2) is 5.16 Å². The Balaban J connectivity index is 2.28. The third-order valence-corrected chi connectivity index (χ3v) is 6.07. The normalized spacial score (nSPS) is 12.4. The second-order valence-corrected chi connectivity index (χ2v) is 8.80. The zero-order valence-electron chi connectivity index (χ0n) is 15.8. The van der Waals surface area contributed by atoms with Gasteiger partial charge in [-0.1, -0.05) is 11.8 Å². The molecule has 2 heterocycles. The molecule has 0 saturated carbocycles. The van der Waals surface area contributed by atoms with Crippen molar-refractivity contribution in [1.29, 1.82) is 0 Å². The van der Waals surface area contributed by atoms with Gasteiger partial charge in [-0.2, -0.15) is 0 Å². The Labute approximate surface area is 160 Å². The number of nitrogens with one attached hydrogen (secondary N) is 2. The zero-order valence-corrected chi connectivity index (χ0v) is 17.4. The minimum absolute atomic E-state index is 0.0644. The Hall–Kier alpha value is -1.87. The van der Waals surface area contributed by atoms with E-state index < -0.39 is 17.2 Å². The van der Waals surface area contributed by atoms with E-state index in [2.05, 4.69) is 15.6 Å². The van der Waals surface area contributed by atoms with Crippen molar-refractivity contribution in [3.63, 3.8) is 0 Å². The highest BCUT2D eigenvalue weighted by molar-refractivity contribution is 8.00. The molecule has 0 fully saturated rings. The molecule has 7 nitrogen and oxygen atoms in total. The predicted octanol–water partition coefficient (Wildman–Crippen LogP) is 2.81. The fourth-order valence-electron chi connectivity index (χ4n) is 2.40. The monoisotopic (exact) mass is 396 g/mol. The lowest BCUT2D eigenvalue weighted by molar-refractivity contribution is -0.119. The van der Waals surface area contributed by atoms with Gasteiger partial charge in [0.05, 0.1) is 10.6 Å². The second kappa shape index (κ2) is 8.22. The Kier molecular flexibility index (Phi) is 6.46. The van der Waals surface area contributed by atoms with Crippen LogP contribution in [-0.4, -0.2) is 32.8 Å². The maximum atomic E-state index is 12.8. The minimum Gasteiger partial charge on any atom is -0.336 e. The largest absolute Gasteiger partial charge is 0.336 e. The molecule has 2 aromatic heterocycles. The van der Waals surface area contributed by atoms with Crippen molar-refractivity contribution in [3.05, 3.63) is 20.8 Å². The first-order valence-electron chi connectivity index (χ1n) is 8.44. The van der Waals surface area contributed by atoms with E-state index in [0.717, 1.165) is 10.4 Å². The molecule has 9 heteroatoms. The number of hydrogen-bond donors (Lipinski definition) is 2. The smallest absolute Gasteiger partial charge is 0.321 e. The Morgan fingerprint density at radius 1 is 1.27 bits per heavy atom. The number of aryl methyl sites for hydroxylation is 2. The molecule has 2 N–H and O–H groups in total. The molecular formula is C17H24N4O3S2. The maximum Gasteiger partial charge on any atom is 0.321 e. The third kappa shape index (κ3) is 4.27. The summed E-state index contributed by atoms with van der Waals surface area (Å²) in [5.74, 6) is -0.427. The molecule has 0 unspecified atom stereocenters. The first kappa shape index (κ1) is 20.4. The number of rotatable bonds is 5. The van der Waals surface area contributed by atoms with Crippen LogP contribution in [0.2, 0.25) is 0 Å². The maximum absolute atomic E-state index is 12.8. The Bertz CT molecular complexity index is 902. The van der Waals surface area contributed by atoms with E-state index in [1.165, 1.54) is 23.1 Å². The molecule has 1 atom stereocenters. The van der Waals surface area contributed by atoms with Gasteiger partial charge in [0.25, 0.3) is 5.56 Å². The third-order valence-electron chi connectivity index (χ3n) is 3.88. The number of imide groups is 1. The molecule has 0 spiro atoms. The number of hydrogen-bond acceptors (Lipinski definition) is 6. The minimum atomic E-state index is -0.572. The number of thioether (sulfide) groups is 1. The number of thiophene rings is 1. The van der Waals surface area contributed by atoms with Gasteiger partial charge in [-0.15, -0.1) is 11.3 Å². The molecule has 0 saturated heterocycles. The van der Waals surface area contributed by atoms with Gasteiger partial charge in [0, 0.05) is 17.5 Å². The summed E-state index contributed by atoms with van der Waals surface area (Å²) >= 11 is 2.65. The molecule has 0 aliphatic carbocycles. The van der Waals surface area contributed by atoms with Gasteiger partial charge in [-0.3, -0.25) is 19.5 Å². The van der Waals surface area contributed by atoms with Crippen LogP contribution in [0.4, 0.5) is 4.79 Å². The van der Waals surface area contributed by atoms with Crippen molar-refractivity contribution in [2.75, 3.05) is 0 Å². The van der Waals surface area contributed by atoms with Gasteiger partial charge in [-0.05, 0) is 47.1 Å². The highest BCUT2D eigenvalue weighted by atomic mass is 32.2. The van der Waals surface area contributed by atoms with Gasteiger partial charge in [0.2, 0.25) is 5.91 Å². The fourth-order valence-corrected chi connectivity index (χ4v) is 4.44. The number of carbonyl (C=O) groups excluding carboxylic acids is 2. The number of nitrogens with zero attached hydrogens (tertiary/aromatic N) is 2. The number of urea groups is 1. The highest BCUT2D eigenvalue weighted by Gasteiger charge is 2.22. The number of carbonyl (C=O) groups is 2. The second-order valence-electron chi connectivity index (χ2n) is 6.28. The molecule has 0 aromatic carbocycles. The fraction of sp³-hybridized carbons (Fsp3) is 0.529. The van der Waals surface area contributed by atoms with Crippen molar-refractivity contribution >= 4 is 45.3 Å². The average Bonchev–Trinajstić information content (AvgIpc) is 2.81. The van der Waals surface area contributed by atoms with E-state index in [4.69, 9.17) is 0 Å². The topological polar surface area (TPSA) is 93.1 Å². The van der Waals surface area contributed by atoms with Crippen LogP contribution in [0.3, 0.4) is 0 Å². The summed E-state index contributed by atoms with van der Waals surface area (Å²) in [6, 6.07) is -0.594. The van der Waals surface area contributed by atoms with Crippen LogP contribution in [0, 0.1) is 13.8 Å². The van der Waals surface area contributed by atoms with E-state index in [1.54, 1.807) is 11.5 Å². The summed E-state index contributed by atoms with van der Waals surface area (Å²) in [5.41, 5.74) is 0.865. The molecule has 2 aromatic rings. The molecule has 0 bridgehead atoms. The van der Waals surface area contributed by atoms with Crippen molar-refractivity contribution in [2.45, 2.75) is 64.5 Å². The predicted molar refractivity (Wildman–Crippen MR) is 106 cm³/mol. The molecule has 0 aliphatic heterocycles. The molecule has 26 heavy (non-hydrogen) atoms. The lowest BCUT2D eigenvalue weighted by atomic mass is 10.2. The summed E-state index contributed by atoms with van der Waals surface area (Å²) in [7, 11) is 0. The van der Waals surface area contributed by atoms with Crippen LogP contribution in [0.1, 0.15) is 38.1 Å². The van der Waals surface area contributed by atoms with Crippen molar-refractivity contribution in [1.82, 2.24) is 20.2 Å². The zero-order chi connectivity index (χ0) is 19.6. The Morgan fingerprint density at radius 2 is 1.92 bits per heavy atom. The average molecular weight is 397 g/mol.